The van der Waals surface area contributed by atoms with Crippen molar-refractivity contribution < 1.29 is 19.1 Å². The molecule has 4 rings (SSSR count). The zero-order valence-electron chi connectivity index (χ0n) is 18.9. The van der Waals surface area contributed by atoms with E-state index in [1.54, 1.807) is 32.9 Å². The van der Waals surface area contributed by atoms with Gasteiger partial charge < -0.3 is 10.8 Å². The smallest absolute Gasteiger partial charge is 0.408 e. The van der Waals surface area contributed by atoms with E-state index < -0.39 is 35.0 Å². The van der Waals surface area contributed by atoms with Gasteiger partial charge in [0.25, 0.3) is 5.56 Å². The number of rotatable bonds is 5. The number of nitrogens with zero attached hydrogens (tertiary/aromatic N) is 3. The first kappa shape index (κ1) is 23.7. The summed E-state index contributed by atoms with van der Waals surface area (Å²) in [5.74, 6) is -1.33. The number of benzene rings is 2. The molecule has 1 aliphatic rings. The molecule has 1 atom stereocenters. The minimum absolute atomic E-state index is 0.0569. The van der Waals surface area contributed by atoms with Crippen molar-refractivity contribution in [3.63, 3.8) is 0 Å². The maximum absolute atomic E-state index is 14.2. The molecule has 1 aromatic heterocycles. The molecule has 1 unspecified atom stereocenters. The molecule has 3 aromatic rings. The molecule has 0 aliphatic heterocycles. The lowest BCUT2D eigenvalue weighted by atomic mass is 9.99. The normalized spacial score (nSPS) is 14.7. The van der Waals surface area contributed by atoms with Gasteiger partial charge in [-0.25, -0.2) is 14.2 Å². The van der Waals surface area contributed by atoms with Gasteiger partial charge in [0.15, 0.2) is 0 Å². The molecule has 1 fully saturated rings. The molecular weight excluding hydrogens is 463 g/mol. The molecule has 0 spiro atoms. The van der Waals surface area contributed by atoms with Gasteiger partial charge in [-0.05, 0) is 69.9 Å². The van der Waals surface area contributed by atoms with E-state index in [1.807, 2.05) is 0 Å². The van der Waals surface area contributed by atoms with Crippen molar-refractivity contribution in [3.05, 3.63) is 69.0 Å². The Kier molecular flexibility index (Phi) is 5.85. The van der Waals surface area contributed by atoms with E-state index in [-0.39, 0.29) is 38.9 Å². The Hall–Kier alpha value is -3.46. The average molecular weight is 487 g/mol. The summed E-state index contributed by atoms with van der Waals surface area (Å²) in [7, 11) is 0. The average Bonchev–Trinajstić information content (AvgIpc) is 3.56. The summed E-state index contributed by atoms with van der Waals surface area (Å²) in [5.41, 5.74) is 4.48. The van der Waals surface area contributed by atoms with E-state index in [1.165, 1.54) is 21.6 Å². The first-order valence-corrected chi connectivity index (χ1v) is 11.1. The molecule has 178 valence electrons. The van der Waals surface area contributed by atoms with Crippen molar-refractivity contribution >= 4 is 34.5 Å². The Morgan fingerprint density at radius 2 is 1.94 bits per heavy atom. The van der Waals surface area contributed by atoms with Crippen LogP contribution in [0.5, 0.6) is 0 Å². The summed E-state index contributed by atoms with van der Waals surface area (Å²) >= 11 is 6.26. The molecule has 1 heterocycles. The monoisotopic (exact) mass is 486 g/mol. The fraction of sp³-hybridized carbons (Fsp3) is 0.333. The summed E-state index contributed by atoms with van der Waals surface area (Å²) in [4.78, 5) is 43.9. The zero-order valence-corrected chi connectivity index (χ0v) is 19.6. The summed E-state index contributed by atoms with van der Waals surface area (Å²) in [5, 5.41) is 10.0. The van der Waals surface area contributed by atoms with Gasteiger partial charge in [0.2, 0.25) is 5.91 Å². The lowest BCUT2D eigenvalue weighted by Crippen LogP contribution is -2.49. The minimum atomic E-state index is -1.17. The third-order valence-electron chi connectivity index (χ3n) is 5.85. The zero-order chi connectivity index (χ0) is 24.9. The third kappa shape index (κ3) is 4.23. The van der Waals surface area contributed by atoms with Crippen LogP contribution in [-0.2, 0) is 0 Å². The number of aromatic nitrogens is 2. The number of amides is 2. The molecule has 0 saturated heterocycles. The summed E-state index contributed by atoms with van der Waals surface area (Å²) in [6.45, 7) is 5.28. The summed E-state index contributed by atoms with van der Waals surface area (Å²) < 4.78 is 15.4. The molecule has 10 heteroatoms. The molecule has 1 saturated carbocycles. The van der Waals surface area contributed by atoms with Crippen LogP contribution >= 0.6 is 11.6 Å². The summed E-state index contributed by atoms with van der Waals surface area (Å²) in [6, 6.07) is 7.37. The van der Waals surface area contributed by atoms with Gasteiger partial charge in [0.05, 0.1) is 27.7 Å². The topological polar surface area (TPSA) is 119 Å². The second kappa shape index (κ2) is 8.39. The molecule has 8 nitrogen and oxygen atoms in total. The van der Waals surface area contributed by atoms with Gasteiger partial charge in [0.1, 0.15) is 11.6 Å². The second-order valence-corrected chi connectivity index (χ2v) is 9.82. The number of nitrogens with two attached hydrogens (primary N) is 1. The SMILES string of the molecule is CC(C)(C)N(C(=O)O)C(c1nc2c(Cl)cc(F)cc2c(=O)n1-c1cccc(C(N)=O)c1)C1CC1. The van der Waals surface area contributed by atoms with Crippen LogP contribution < -0.4 is 11.3 Å². The van der Waals surface area contributed by atoms with E-state index in [0.29, 0.717) is 0 Å². The van der Waals surface area contributed by atoms with Crippen LogP contribution in [0.3, 0.4) is 0 Å². The van der Waals surface area contributed by atoms with Crippen molar-refractivity contribution in [2.75, 3.05) is 0 Å². The van der Waals surface area contributed by atoms with E-state index in [4.69, 9.17) is 17.3 Å². The Bertz CT molecular complexity index is 1380. The number of carboxylic acid groups (broad SMARTS) is 1. The molecule has 0 radical (unpaired) electrons. The van der Waals surface area contributed by atoms with E-state index in [0.717, 1.165) is 25.0 Å². The highest BCUT2D eigenvalue weighted by Gasteiger charge is 2.45. The molecular formula is C24H24ClFN4O4. The van der Waals surface area contributed by atoms with Gasteiger partial charge in [-0.1, -0.05) is 17.7 Å². The van der Waals surface area contributed by atoms with E-state index in [9.17, 15) is 23.9 Å². The molecule has 0 bridgehead atoms. The van der Waals surface area contributed by atoms with Crippen LogP contribution in [0.2, 0.25) is 5.02 Å². The lowest BCUT2D eigenvalue weighted by Gasteiger charge is -2.40. The third-order valence-corrected chi connectivity index (χ3v) is 6.13. The molecule has 2 aromatic carbocycles. The van der Waals surface area contributed by atoms with Crippen LogP contribution in [0, 0.1) is 11.7 Å². The van der Waals surface area contributed by atoms with Crippen LogP contribution in [0.25, 0.3) is 16.6 Å². The van der Waals surface area contributed by atoms with Crippen LogP contribution in [0.1, 0.15) is 55.8 Å². The van der Waals surface area contributed by atoms with Crippen LogP contribution in [0.4, 0.5) is 9.18 Å². The molecule has 2 amide bonds. The highest BCUT2D eigenvalue weighted by Crippen LogP contribution is 2.47. The number of hydrogen-bond donors (Lipinski definition) is 2. The number of carbonyl (C=O) groups is 2. The number of halogens is 2. The van der Waals surface area contributed by atoms with Crippen LogP contribution in [0.15, 0.2) is 41.2 Å². The number of primary amides is 1. The predicted molar refractivity (Wildman–Crippen MR) is 126 cm³/mol. The van der Waals surface area contributed by atoms with Crippen molar-refractivity contribution in [1.29, 1.82) is 0 Å². The van der Waals surface area contributed by atoms with Gasteiger partial charge in [-0.3, -0.25) is 19.1 Å². The standard InChI is InChI=1S/C24H24ClFN4O4/c1-24(2,3)30(23(33)34)19(12-7-8-12)21-28-18-16(10-14(26)11-17(18)25)22(32)29(21)15-6-4-5-13(9-15)20(27)31/h4-6,9-12,19H,7-8H2,1-3H3,(H2,27,31)(H,33,34). The van der Waals surface area contributed by atoms with Crippen molar-refractivity contribution in [1.82, 2.24) is 14.5 Å². The van der Waals surface area contributed by atoms with Crippen molar-refractivity contribution in [2.24, 2.45) is 11.7 Å². The van der Waals surface area contributed by atoms with E-state index in [2.05, 4.69) is 4.98 Å². The Morgan fingerprint density at radius 3 is 2.50 bits per heavy atom. The Labute approximate surface area is 199 Å². The highest BCUT2D eigenvalue weighted by molar-refractivity contribution is 6.35. The van der Waals surface area contributed by atoms with Gasteiger partial charge in [-0.2, -0.15) is 0 Å². The largest absolute Gasteiger partial charge is 0.465 e. The number of hydrogen-bond acceptors (Lipinski definition) is 4. The lowest BCUT2D eigenvalue weighted by molar-refractivity contribution is 0.0582. The fourth-order valence-corrected chi connectivity index (χ4v) is 4.50. The molecule has 1 aliphatic carbocycles. The van der Waals surface area contributed by atoms with Gasteiger partial charge in [0, 0.05) is 11.1 Å². The second-order valence-electron chi connectivity index (χ2n) is 9.41. The van der Waals surface area contributed by atoms with Gasteiger partial charge in [-0.15, -0.1) is 0 Å². The fourth-order valence-electron chi connectivity index (χ4n) is 4.25. The first-order valence-electron chi connectivity index (χ1n) is 10.7. The maximum atomic E-state index is 14.2. The predicted octanol–water partition coefficient (Wildman–Crippen LogP) is 4.51. The number of fused-ring (bicyclic) bond motifs is 1. The molecule has 34 heavy (non-hydrogen) atoms. The quantitative estimate of drug-likeness (QED) is 0.550. The van der Waals surface area contributed by atoms with Crippen molar-refractivity contribution in [2.45, 2.75) is 45.2 Å². The minimum Gasteiger partial charge on any atom is -0.465 e. The Balaban J connectivity index is 2.12. The van der Waals surface area contributed by atoms with Gasteiger partial charge >= 0.3 is 6.09 Å². The first-order chi connectivity index (χ1) is 15.9. The Morgan fingerprint density at radius 1 is 1.26 bits per heavy atom. The number of carbonyl (C=O) groups excluding carboxylic acids is 1. The van der Waals surface area contributed by atoms with Crippen molar-refractivity contribution in [3.8, 4) is 5.69 Å². The maximum Gasteiger partial charge on any atom is 0.408 e. The van der Waals surface area contributed by atoms with E-state index >= 15 is 0 Å². The highest BCUT2D eigenvalue weighted by atomic mass is 35.5. The summed E-state index contributed by atoms with van der Waals surface area (Å²) in [6.07, 6.45) is 0.328. The van der Waals surface area contributed by atoms with Crippen LogP contribution in [-0.4, -0.2) is 37.1 Å². The molecule has 3 N–H and O–H groups in total.